The van der Waals surface area contributed by atoms with Crippen molar-refractivity contribution in [3.05, 3.63) is 46.5 Å². The van der Waals surface area contributed by atoms with E-state index in [0.29, 0.717) is 5.89 Å². The largest absolute Gasteiger partial charge is 0.436 e. The van der Waals surface area contributed by atoms with Gasteiger partial charge in [-0.25, -0.2) is 4.98 Å². The summed E-state index contributed by atoms with van der Waals surface area (Å²) in [6.45, 7) is 8.44. The van der Waals surface area contributed by atoms with Gasteiger partial charge >= 0.3 is 0 Å². The van der Waals surface area contributed by atoms with Crippen LogP contribution in [0.15, 0.2) is 28.7 Å². The van der Waals surface area contributed by atoms with Gasteiger partial charge in [0.25, 0.3) is 0 Å². The maximum absolute atomic E-state index is 5.99. The van der Waals surface area contributed by atoms with Gasteiger partial charge in [0.2, 0.25) is 5.89 Å². The number of hydrogen-bond acceptors (Lipinski definition) is 2. The van der Waals surface area contributed by atoms with E-state index in [2.05, 4.69) is 32.7 Å². The first kappa shape index (κ1) is 13.0. The highest BCUT2D eigenvalue weighted by Crippen LogP contribution is 2.32. The summed E-state index contributed by atoms with van der Waals surface area (Å²) in [4.78, 5) is 4.67. The lowest BCUT2D eigenvalue weighted by molar-refractivity contribution is 0.617. The molecular weight excluding hydrogens is 245 g/mol. The van der Waals surface area contributed by atoms with Gasteiger partial charge in [0.15, 0.2) is 5.58 Å². The average molecular weight is 261 g/mol. The predicted octanol–water partition coefficient (Wildman–Crippen LogP) is 3.52. The van der Waals surface area contributed by atoms with E-state index >= 15 is 0 Å². The summed E-state index contributed by atoms with van der Waals surface area (Å²) >= 11 is 0. The van der Waals surface area contributed by atoms with E-state index < -0.39 is 0 Å². The third-order valence-electron chi connectivity index (χ3n) is 4.17. The van der Waals surface area contributed by atoms with Crippen LogP contribution in [0.4, 0.5) is 0 Å². The number of aromatic nitrogens is 1. The SMILES string of the molecule is [B]c1ccc(-c2nc3c(C)c(C)c(C)c(C)c3o2)cc1. The van der Waals surface area contributed by atoms with Crippen molar-refractivity contribution in [2.45, 2.75) is 27.7 Å². The number of fused-ring (bicyclic) bond motifs is 1. The Kier molecular flexibility index (Phi) is 2.93. The molecule has 0 aliphatic rings. The fourth-order valence-electron chi connectivity index (χ4n) is 2.49. The van der Waals surface area contributed by atoms with Gasteiger partial charge in [-0.15, -0.1) is 0 Å². The normalized spacial score (nSPS) is 11.2. The van der Waals surface area contributed by atoms with Gasteiger partial charge < -0.3 is 4.42 Å². The molecule has 1 heterocycles. The second kappa shape index (κ2) is 4.52. The van der Waals surface area contributed by atoms with E-state index in [4.69, 9.17) is 12.3 Å². The molecule has 98 valence electrons. The monoisotopic (exact) mass is 261 g/mol. The number of oxazole rings is 1. The van der Waals surface area contributed by atoms with Crippen LogP contribution in [0, 0.1) is 27.7 Å². The van der Waals surface area contributed by atoms with Gasteiger partial charge in [0.05, 0.1) is 0 Å². The molecule has 0 saturated carbocycles. The Morgan fingerprint density at radius 2 is 1.45 bits per heavy atom. The van der Waals surface area contributed by atoms with Crippen molar-refractivity contribution in [3.8, 4) is 11.5 Å². The van der Waals surface area contributed by atoms with Gasteiger partial charge in [-0.3, -0.25) is 0 Å². The second-order valence-electron chi connectivity index (χ2n) is 5.32. The highest BCUT2D eigenvalue weighted by atomic mass is 16.3. The molecule has 0 saturated heterocycles. The van der Waals surface area contributed by atoms with E-state index in [9.17, 15) is 0 Å². The molecule has 0 spiro atoms. The quantitative estimate of drug-likeness (QED) is 0.626. The third kappa shape index (κ3) is 1.85. The predicted molar refractivity (Wildman–Crippen MR) is 83.8 cm³/mol. The summed E-state index contributed by atoms with van der Waals surface area (Å²) in [7, 11) is 5.72. The Hall–Kier alpha value is -2.03. The van der Waals surface area contributed by atoms with Crippen molar-refractivity contribution in [1.29, 1.82) is 0 Å². The number of nitrogens with zero attached hydrogens (tertiary/aromatic N) is 1. The van der Waals surface area contributed by atoms with Crippen LogP contribution in [-0.4, -0.2) is 12.8 Å². The molecule has 0 amide bonds. The third-order valence-corrected chi connectivity index (χ3v) is 4.17. The summed E-state index contributed by atoms with van der Waals surface area (Å²) in [5, 5.41) is 0. The van der Waals surface area contributed by atoms with Gasteiger partial charge in [0, 0.05) is 5.56 Å². The fraction of sp³-hybridized carbons (Fsp3) is 0.235. The molecule has 3 rings (SSSR count). The molecule has 2 aromatic carbocycles. The number of rotatable bonds is 1. The van der Waals surface area contributed by atoms with Crippen LogP contribution in [0.3, 0.4) is 0 Å². The zero-order valence-electron chi connectivity index (χ0n) is 12.2. The molecule has 0 fully saturated rings. The maximum atomic E-state index is 5.99. The van der Waals surface area contributed by atoms with Gasteiger partial charge in [-0.1, -0.05) is 29.7 Å². The second-order valence-corrected chi connectivity index (χ2v) is 5.32. The van der Waals surface area contributed by atoms with Crippen LogP contribution in [-0.2, 0) is 0 Å². The Morgan fingerprint density at radius 1 is 0.850 bits per heavy atom. The van der Waals surface area contributed by atoms with E-state index in [0.717, 1.165) is 27.7 Å². The topological polar surface area (TPSA) is 26.0 Å². The zero-order chi connectivity index (χ0) is 14.4. The standard InChI is InChI=1S/C17H16BNO/c1-9-10(2)12(4)16-15(11(9)3)19-17(20-16)13-5-7-14(18)8-6-13/h5-8H,1-4H3. The van der Waals surface area contributed by atoms with Crippen LogP contribution < -0.4 is 5.46 Å². The highest BCUT2D eigenvalue weighted by Gasteiger charge is 2.16. The molecule has 0 atom stereocenters. The van der Waals surface area contributed by atoms with Crippen molar-refractivity contribution in [2.24, 2.45) is 0 Å². The molecule has 0 bridgehead atoms. The Morgan fingerprint density at radius 3 is 2.10 bits per heavy atom. The lowest BCUT2D eigenvalue weighted by atomic mass is 9.95. The number of hydrogen-bond donors (Lipinski definition) is 0. The van der Waals surface area contributed by atoms with Crippen LogP contribution in [0.5, 0.6) is 0 Å². The fourth-order valence-corrected chi connectivity index (χ4v) is 2.49. The Bertz CT molecular complexity index is 755. The molecule has 0 unspecified atom stereocenters. The van der Waals surface area contributed by atoms with E-state index in [-0.39, 0.29) is 0 Å². The van der Waals surface area contributed by atoms with Gasteiger partial charge in [-0.2, -0.15) is 0 Å². The van der Waals surface area contributed by atoms with Gasteiger partial charge in [-0.05, 0) is 49.9 Å². The summed E-state index contributed by atoms with van der Waals surface area (Å²) in [5.41, 5.74) is 8.44. The molecule has 3 heteroatoms. The first-order valence-electron chi connectivity index (χ1n) is 6.72. The Labute approximate surface area is 120 Å². The minimum Gasteiger partial charge on any atom is -0.436 e. The number of aryl methyl sites for hydroxylation is 2. The molecule has 2 nitrogen and oxygen atoms in total. The average Bonchev–Trinajstić information content (AvgIpc) is 2.89. The van der Waals surface area contributed by atoms with Crippen molar-refractivity contribution in [1.82, 2.24) is 4.98 Å². The lowest BCUT2D eigenvalue weighted by Crippen LogP contribution is -1.99. The molecule has 0 aliphatic heterocycles. The van der Waals surface area contributed by atoms with Crippen molar-refractivity contribution in [2.75, 3.05) is 0 Å². The number of benzene rings is 2. The molecule has 20 heavy (non-hydrogen) atoms. The zero-order valence-corrected chi connectivity index (χ0v) is 12.2. The highest BCUT2D eigenvalue weighted by molar-refractivity contribution is 6.32. The van der Waals surface area contributed by atoms with Crippen LogP contribution in [0.2, 0.25) is 0 Å². The molecule has 3 aromatic rings. The summed E-state index contributed by atoms with van der Waals surface area (Å²) in [5.74, 6) is 0.649. The van der Waals surface area contributed by atoms with Gasteiger partial charge in [0.1, 0.15) is 13.4 Å². The van der Waals surface area contributed by atoms with E-state index in [1.165, 1.54) is 16.7 Å². The summed E-state index contributed by atoms with van der Waals surface area (Å²) in [6.07, 6.45) is 0. The molecule has 2 radical (unpaired) electrons. The summed E-state index contributed by atoms with van der Waals surface area (Å²) in [6, 6.07) is 7.59. The first-order valence-corrected chi connectivity index (χ1v) is 6.72. The first-order chi connectivity index (χ1) is 9.49. The molecule has 0 N–H and O–H groups in total. The van der Waals surface area contributed by atoms with E-state index in [1.807, 2.05) is 24.3 Å². The van der Waals surface area contributed by atoms with Crippen molar-refractivity contribution in [3.63, 3.8) is 0 Å². The minimum absolute atomic E-state index is 0.649. The Balaban J connectivity index is 2.28. The van der Waals surface area contributed by atoms with Crippen LogP contribution >= 0.6 is 0 Å². The molecule has 1 aromatic heterocycles. The molecular formula is C17H16BNO. The lowest BCUT2D eigenvalue weighted by Gasteiger charge is -2.07. The van der Waals surface area contributed by atoms with E-state index in [1.54, 1.807) is 0 Å². The smallest absolute Gasteiger partial charge is 0.227 e. The summed E-state index contributed by atoms with van der Waals surface area (Å²) < 4.78 is 5.99. The van der Waals surface area contributed by atoms with Crippen LogP contribution in [0.25, 0.3) is 22.6 Å². The maximum Gasteiger partial charge on any atom is 0.227 e. The van der Waals surface area contributed by atoms with Crippen molar-refractivity contribution < 1.29 is 4.42 Å². The minimum atomic E-state index is 0.649. The van der Waals surface area contributed by atoms with Crippen LogP contribution in [0.1, 0.15) is 22.3 Å². The van der Waals surface area contributed by atoms with Crippen molar-refractivity contribution >= 4 is 24.4 Å². The molecule has 0 aliphatic carbocycles.